The summed E-state index contributed by atoms with van der Waals surface area (Å²) in [6, 6.07) is 2.51. The van der Waals surface area contributed by atoms with E-state index in [0.29, 0.717) is 11.3 Å². The van der Waals surface area contributed by atoms with Crippen LogP contribution in [0.2, 0.25) is 5.28 Å². The van der Waals surface area contributed by atoms with E-state index in [1.165, 1.54) is 12.8 Å². The molecular formula is C11H17ClN4. The molecule has 1 saturated heterocycles. The molecule has 0 aromatic carbocycles. The molecule has 1 atom stereocenters. The highest BCUT2D eigenvalue weighted by molar-refractivity contribution is 6.28. The van der Waals surface area contributed by atoms with Crippen molar-refractivity contribution in [3.05, 3.63) is 23.2 Å². The first-order valence-electron chi connectivity index (χ1n) is 5.64. The second kappa shape index (κ2) is 5.57. The average Bonchev–Trinajstić information content (AvgIpc) is 2.30. The van der Waals surface area contributed by atoms with Gasteiger partial charge in [-0.2, -0.15) is 0 Å². The van der Waals surface area contributed by atoms with E-state index in [9.17, 15) is 0 Å². The summed E-state index contributed by atoms with van der Waals surface area (Å²) < 4.78 is 0. The summed E-state index contributed by atoms with van der Waals surface area (Å²) in [5, 5.41) is 3.74. The Balaban J connectivity index is 1.93. The van der Waals surface area contributed by atoms with Crippen LogP contribution in [0.25, 0.3) is 0 Å². The Hall–Kier alpha value is -0.710. The molecule has 5 heteroatoms. The summed E-state index contributed by atoms with van der Waals surface area (Å²) in [4.78, 5) is 10.4. The maximum absolute atomic E-state index is 5.76. The van der Waals surface area contributed by atoms with E-state index in [1.54, 1.807) is 6.20 Å². The SMILES string of the molecule is CN(Cc1ccnc(Cl)n1)[C@H]1CCCNC1. The largest absolute Gasteiger partial charge is 0.315 e. The first-order chi connectivity index (χ1) is 7.75. The number of hydrogen-bond donors (Lipinski definition) is 1. The molecule has 1 N–H and O–H groups in total. The standard InChI is InChI=1S/C11H17ClN4/c1-16(10-3-2-5-13-7-10)8-9-4-6-14-11(12)15-9/h4,6,10,13H,2-3,5,7-8H2,1H3/t10-/m0/s1. The van der Waals surface area contributed by atoms with Crippen molar-refractivity contribution in [3.8, 4) is 0 Å². The third kappa shape index (κ3) is 3.14. The summed E-state index contributed by atoms with van der Waals surface area (Å²) in [6.07, 6.45) is 4.21. The van der Waals surface area contributed by atoms with E-state index in [-0.39, 0.29) is 0 Å². The second-order valence-electron chi connectivity index (χ2n) is 4.23. The minimum Gasteiger partial charge on any atom is -0.315 e. The number of piperidine rings is 1. The van der Waals surface area contributed by atoms with E-state index in [1.807, 2.05) is 6.07 Å². The molecular weight excluding hydrogens is 224 g/mol. The maximum Gasteiger partial charge on any atom is 0.222 e. The average molecular weight is 241 g/mol. The monoisotopic (exact) mass is 240 g/mol. The van der Waals surface area contributed by atoms with E-state index in [2.05, 4.69) is 27.2 Å². The molecule has 0 spiro atoms. The van der Waals surface area contributed by atoms with Crippen LogP contribution in [0, 0.1) is 0 Å². The number of nitrogens with zero attached hydrogens (tertiary/aromatic N) is 3. The van der Waals surface area contributed by atoms with Crippen LogP contribution in [0.4, 0.5) is 0 Å². The molecule has 1 fully saturated rings. The number of rotatable bonds is 3. The second-order valence-corrected chi connectivity index (χ2v) is 4.57. The van der Waals surface area contributed by atoms with Gasteiger partial charge < -0.3 is 5.32 Å². The van der Waals surface area contributed by atoms with Crippen LogP contribution in [0.3, 0.4) is 0 Å². The summed E-state index contributed by atoms with van der Waals surface area (Å²) in [5.74, 6) is 0. The fraction of sp³-hybridized carbons (Fsp3) is 0.636. The molecule has 0 saturated carbocycles. The Morgan fingerprint density at radius 2 is 2.50 bits per heavy atom. The van der Waals surface area contributed by atoms with Crippen LogP contribution in [0.1, 0.15) is 18.5 Å². The van der Waals surface area contributed by atoms with Gasteiger partial charge >= 0.3 is 0 Å². The lowest BCUT2D eigenvalue weighted by Gasteiger charge is -2.31. The molecule has 0 unspecified atom stereocenters. The van der Waals surface area contributed by atoms with Gasteiger partial charge in [0.1, 0.15) is 0 Å². The van der Waals surface area contributed by atoms with Crippen molar-refractivity contribution in [1.82, 2.24) is 20.2 Å². The number of nitrogens with one attached hydrogen (secondary N) is 1. The topological polar surface area (TPSA) is 41.1 Å². The Labute approximate surface area is 101 Å². The quantitative estimate of drug-likeness (QED) is 0.809. The van der Waals surface area contributed by atoms with Crippen LogP contribution < -0.4 is 5.32 Å². The number of hydrogen-bond acceptors (Lipinski definition) is 4. The molecule has 88 valence electrons. The Morgan fingerprint density at radius 1 is 1.62 bits per heavy atom. The third-order valence-electron chi connectivity index (χ3n) is 2.99. The molecule has 0 aliphatic carbocycles. The molecule has 0 radical (unpaired) electrons. The summed E-state index contributed by atoms with van der Waals surface area (Å²) in [7, 11) is 2.13. The highest BCUT2D eigenvalue weighted by Crippen LogP contribution is 2.11. The fourth-order valence-electron chi connectivity index (χ4n) is 2.05. The zero-order valence-corrected chi connectivity index (χ0v) is 10.2. The molecule has 4 nitrogen and oxygen atoms in total. The van der Waals surface area contributed by atoms with Gasteiger partial charge in [0, 0.05) is 25.3 Å². The van der Waals surface area contributed by atoms with Gasteiger partial charge in [-0.1, -0.05) is 0 Å². The summed E-state index contributed by atoms with van der Waals surface area (Å²) in [6.45, 7) is 3.04. The predicted molar refractivity (Wildman–Crippen MR) is 64.4 cm³/mol. The third-order valence-corrected chi connectivity index (χ3v) is 3.17. The minimum absolute atomic E-state index is 0.327. The van der Waals surface area contributed by atoms with Gasteiger partial charge in [-0.3, -0.25) is 4.90 Å². The van der Waals surface area contributed by atoms with Crippen molar-refractivity contribution >= 4 is 11.6 Å². The van der Waals surface area contributed by atoms with Crippen molar-refractivity contribution in [3.63, 3.8) is 0 Å². The Morgan fingerprint density at radius 3 is 3.19 bits per heavy atom. The first kappa shape index (κ1) is 11.8. The lowest BCUT2D eigenvalue weighted by molar-refractivity contribution is 0.194. The van der Waals surface area contributed by atoms with Gasteiger partial charge in [0.15, 0.2) is 0 Å². The normalized spacial score (nSPS) is 21.3. The van der Waals surface area contributed by atoms with Gasteiger partial charge in [0.05, 0.1) is 5.69 Å². The lowest BCUT2D eigenvalue weighted by atomic mass is 10.1. The number of halogens is 1. The number of aromatic nitrogens is 2. The predicted octanol–water partition coefficient (Wildman–Crippen LogP) is 1.31. The van der Waals surface area contributed by atoms with Crippen LogP contribution in [-0.4, -0.2) is 41.0 Å². The van der Waals surface area contributed by atoms with Crippen molar-refractivity contribution in [2.24, 2.45) is 0 Å². The molecule has 1 aromatic rings. The van der Waals surface area contributed by atoms with E-state index in [0.717, 1.165) is 25.3 Å². The molecule has 0 bridgehead atoms. The van der Waals surface area contributed by atoms with Crippen molar-refractivity contribution in [1.29, 1.82) is 0 Å². The zero-order chi connectivity index (χ0) is 11.4. The van der Waals surface area contributed by atoms with Crippen LogP contribution in [-0.2, 0) is 6.54 Å². The molecule has 1 aliphatic heterocycles. The fourth-order valence-corrected chi connectivity index (χ4v) is 2.22. The Kier molecular flexibility index (Phi) is 4.09. The van der Waals surface area contributed by atoms with Crippen LogP contribution >= 0.6 is 11.6 Å². The Bertz CT molecular complexity index is 339. The van der Waals surface area contributed by atoms with Crippen LogP contribution in [0.5, 0.6) is 0 Å². The van der Waals surface area contributed by atoms with Crippen molar-refractivity contribution in [2.45, 2.75) is 25.4 Å². The van der Waals surface area contributed by atoms with Crippen molar-refractivity contribution in [2.75, 3.05) is 20.1 Å². The maximum atomic E-state index is 5.76. The van der Waals surface area contributed by atoms with E-state index >= 15 is 0 Å². The molecule has 2 heterocycles. The van der Waals surface area contributed by atoms with Gasteiger partial charge in [0.2, 0.25) is 5.28 Å². The van der Waals surface area contributed by atoms with E-state index in [4.69, 9.17) is 11.6 Å². The van der Waals surface area contributed by atoms with Gasteiger partial charge in [-0.15, -0.1) is 0 Å². The molecule has 1 aliphatic rings. The van der Waals surface area contributed by atoms with Crippen LogP contribution in [0.15, 0.2) is 12.3 Å². The molecule has 16 heavy (non-hydrogen) atoms. The summed E-state index contributed by atoms with van der Waals surface area (Å²) >= 11 is 5.76. The van der Waals surface area contributed by atoms with Gasteiger partial charge in [-0.05, 0) is 44.1 Å². The van der Waals surface area contributed by atoms with Gasteiger partial charge in [-0.25, -0.2) is 9.97 Å². The van der Waals surface area contributed by atoms with Gasteiger partial charge in [0.25, 0.3) is 0 Å². The highest BCUT2D eigenvalue weighted by Gasteiger charge is 2.17. The highest BCUT2D eigenvalue weighted by atomic mass is 35.5. The smallest absolute Gasteiger partial charge is 0.222 e. The molecule has 1 aromatic heterocycles. The minimum atomic E-state index is 0.327. The first-order valence-corrected chi connectivity index (χ1v) is 6.02. The van der Waals surface area contributed by atoms with E-state index < -0.39 is 0 Å². The zero-order valence-electron chi connectivity index (χ0n) is 9.49. The number of likely N-dealkylation sites (N-methyl/N-ethyl adjacent to an activating group) is 1. The molecule has 2 rings (SSSR count). The molecule has 0 amide bonds. The lowest BCUT2D eigenvalue weighted by Crippen LogP contribution is -2.43. The summed E-state index contributed by atoms with van der Waals surface area (Å²) in [5.41, 5.74) is 0.980. The van der Waals surface area contributed by atoms with Crippen molar-refractivity contribution < 1.29 is 0 Å².